The molecule has 2 rings (SSSR count). The number of hydrogen-bond donors (Lipinski definition) is 1. The summed E-state index contributed by atoms with van der Waals surface area (Å²) in [6.45, 7) is 6.23. The van der Waals surface area contributed by atoms with Crippen molar-refractivity contribution in [3.05, 3.63) is 47.5 Å². The first-order valence-electron chi connectivity index (χ1n) is 6.75. The van der Waals surface area contributed by atoms with Crippen molar-refractivity contribution in [2.24, 2.45) is 0 Å². The lowest BCUT2D eigenvalue weighted by Crippen LogP contribution is -2.08. The molecule has 2 atom stereocenters. The van der Waals surface area contributed by atoms with Crippen molar-refractivity contribution in [3.63, 3.8) is 0 Å². The third kappa shape index (κ3) is 3.20. The summed E-state index contributed by atoms with van der Waals surface area (Å²) < 4.78 is 1.95. The van der Waals surface area contributed by atoms with Crippen LogP contribution in [0.25, 0.3) is 0 Å². The molecule has 102 valence electrons. The second-order valence-corrected chi connectivity index (χ2v) is 4.97. The van der Waals surface area contributed by atoms with E-state index in [4.69, 9.17) is 0 Å². The molecule has 0 aliphatic heterocycles. The molecule has 0 fully saturated rings. The zero-order valence-electron chi connectivity index (χ0n) is 11.7. The van der Waals surface area contributed by atoms with Crippen LogP contribution in [0.3, 0.4) is 0 Å². The number of aliphatic hydroxyl groups excluding tert-OH is 1. The predicted molar refractivity (Wildman–Crippen MR) is 74.9 cm³/mol. The topological polar surface area (TPSA) is 50.9 Å². The van der Waals surface area contributed by atoms with E-state index in [0.717, 1.165) is 23.4 Å². The molecule has 0 saturated heterocycles. The first-order chi connectivity index (χ1) is 9.11. The lowest BCUT2D eigenvalue weighted by Gasteiger charge is -2.11. The number of aromatic nitrogens is 3. The molecular formula is C15H21N3O. The van der Waals surface area contributed by atoms with E-state index < -0.39 is 6.10 Å². The van der Waals surface area contributed by atoms with Crippen molar-refractivity contribution in [2.75, 3.05) is 0 Å². The van der Waals surface area contributed by atoms with Gasteiger partial charge in [-0.05, 0) is 38.0 Å². The van der Waals surface area contributed by atoms with Crippen molar-refractivity contribution < 1.29 is 5.11 Å². The van der Waals surface area contributed by atoms with Crippen LogP contribution in [0.15, 0.2) is 30.6 Å². The summed E-state index contributed by atoms with van der Waals surface area (Å²) in [7, 11) is 0. The fourth-order valence-electron chi connectivity index (χ4n) is 2.06. The van der Waals surface area contributed by atoms with Gasteiger partial charge in [0.1, 0.15) is 6.10 Å². The summed E-state index contributed by atoms with van der Waals surface area (Å²) in [5, 5.41) is 14.8. The van der Waals surface area contributed by atoms with E-state index in [1.54, 1.807) is 6.20 Å². The van der Waals surface area contributed by atoms with E-state index in [1.807, 2.05) is 36.0 Å². The Morgan fingerprint density at radius 1 is 1.37 bits per heavy atom. The fourth-order valence-corrected chi connectivity index (χ4v) is 2.06. The Morgan fingerprint density at radius 2 is 2.16 bits per heavy atom. The first-order valence-corrected chi connectivity index (χ1v) is 6.75. The number of pyridine rings is 1. The average molecular weight is 259 g/mol. The standard InChI is InChI=1S/C15H21N3O/c1-4-12(3)18-9-7-13(17-18)10-14(19)15-11(2)6-5-8-16-15/h5-9,12,14,19H,4,10H2,1-3H3. The quantitative estimate of drug-likeness (QED) is 0.898. The molecule has 0 aliphatic carbocycles. The second-order valence-electron chi connectivity index (χ2n) is 4.97. The zero-order valence-corrected chi connectivity index (χ0v) is 11.7. The molecule has 0 radical (unpaired) electrons. The highest BCUT2D eigenvalue weighted by Gasteiger charge is 2.14. The van der Waals surface area contributed by atoms with Gasteiger partial charge in [-0.1, -0.05) is 13.0 Å². The molecule has 2 heterocycles. The molecule has 2 aromatic rings. The van der Waals surface area contributed by atoms with Crippen molar-refractivity contribution in [1.82, 2.24) is 14.8 Å². The summed E-state index contributed by atoms with van der Waals surface area (Å²) in [5.41, 5.74) is 2.65. The molecule has 2 aromatic heterocycles. The number of hydrogen-bond acceptors (Lipinski definition) is 3. The highest BCUT2D eigenvalue weighted by atomic mass is 16.3. The molecule has 4 heteroatoms. The average Bonchev–Trinajstić information content (AvgIpc) is 2.86. The van der Waals surface area contributed by atoms with E-state index in [9.17, 15) is 5.11 Å². The number of aliphatic hydroxyl groups is 1. The van der Waals surface area contributed by atoms with Crippen molar-refractivity contribution >= 4 is 0 Å². The molecule has 0 aromatic carbocycles. The van der Waals surface area contributed by atoms with E-state index in [1.165, 1.54) is 0 Å². The number of rotatable bonds is 5. The monoisotopic (exact) mass is 259 g/mol. The molecule has 19 heavy (non-hydrogen) atoms. The molecule has 1 N–H and O–H groups in total. The van der Waals surface area contributed by atoms with Gasteiger partial charge in [0.15, 0.2) is 0 Å². The Kier molecular flexibility index (Phi) is 4.32. The molecular weight excluding hydrogens is 238 g/mol. The van der Waals surface area contributed by atoms with Gasteiger partial charge >= 0.3 is 0 Å². The minimum absolute atomic E-state index is 0.391. The number of nitrogens with zero attached hydrogens (tertiary/aromatic N) is 3. The van der Waals surface area contributed by atoms with Crippen molar-refractivity contribution in [1.29, 1.82) is 0 Å². The lowest BCUT2D eigenvalue weighted by molar-refractivity contribution is 0.171. The van der Waals surface area contributed by atoms with E-state index in [2.05, 4.69) is 23.9 Å². The van der Waals surface area contributed by atoms with Crippen molar-refractivity contribution in [3.8, 4) is 0 Å². The van der Waals surface area contributed by atoms with Crippen LogP contribution in [0, 0.1) is 6.92 Å². The van der Waals surface area contributed by atoms with Gasteiger partial charge in [0, 0.05) is 24.9 Å². The maximum absolute atomic E-state index is 10.2. The van der Waals surface area contributed by atoms with Crippen LogP contribution in [0.4, 0.5) is 0 Å². The Morgan fingerprint density at radius 3 is 2.84 bits per heavy atom. The van der Waals surface area contributed by atoms with E-state index in [-0.39, 0.29) is 0 Å². The van der Waals surface area contributed by atoms with Crippen LogP contribution in [-0.2, 0) is 6.42 Å². The zero-order chi connectivity index (χ0) is 13.8. The molecule has 4 nitrogen and oxygen atoms in total. The van der Waals surface area contributed by atoms with Crippen LogP contribution < -0.4 is 0 Å². The van der Waals surface area contributed by atoms with Crippen LogP contribution in [0.1, 0.15) is 49.4 Å². The normalized spacial score (nSPS) is 14.3. The number of aryl methyl sites for hydroxylation is 1. The molecule has 0 saturated carbocycles. The molecule has 0 aliphatic rings. The maximum Gasteiger partial charge on any atom is 0.102 e. The van der Waals surface area contributed by atoms with Crippen LogP contribution in [-0.4, -0.2) is 19.9 Å². The SMILES string of the molecule is CCC(C)n1ccc(CC(O)c2ncccc2C)n1. The first kappa shape index (κ1) is 13.7. The van der Waals surface area contributed by atoms with Gasteiger partial charge in [-0.2, -0.15) is 5.10 Å². The van der Waals surface area contributed by atoms with Gasteiger partial charge < -0.3 is 5.11 Å². The largest absolute Gasteiger partial charge is 0.386 e. The highest BCUT2D eigenvalue weighted by molar-refractivity contribution is 5.21. The minimum atomic E-state index is -0.596. The Bertz CT molecular complexity index is 536. The summed E-state index contributed by atoms with van der Waals surface area (Å²) in [6.07, 6.45) is 4.64. The smallest absolute Gasteiger partial charge is 0.102 e. The molecule has 2 unspecified atom stereocenters. The third-order valence-corrected chi connectivity index (χ3v) is 3.47. The maximum atomic E-state index is 10.2. The van der Waals surface area contributed by atoms with Gasteiger partial charge in [0.2, 0.25) is 0 Å². The van der Waals surface area contributed by atoms with Gasteiger partial charge in [-0.15, -0.1) is 0 Å². The predicted octanol–water partition coefficient (Wildman–Crippen LogP) is 2.83. The fraction of sp³-hybridized carbons (Fsp3) is 0.467. The molecule has 0 amide bonds. The summed E-state index contributed by atoms with van der Waals surface area (Å²) in [6, 6.07) is 6.20. The Hall–Kier alpha value is -1.68. The van der Waals surface area contributed by atoms with Crippen LogP contribution in [0.2, 0.25) is 0 Å². The Balaban J connectivity index is 2.09. The van der Waals surface area contributed by atoms with Gasteiger partial charge in [-0.3, -0.25) is 9.67 Å². The van der Waals surface area contributed by atoms with Gasteiger partial charge in [-0.25, -0.2) is 0 Å². The molecule has 0 spiro atoms. The summed E-state index contributed by atoms with van der Waals surface area (Å²) in [5.74, 6) is 0. The van der Waals surface area contributed by atoms with Gasteiger partial charge in [0.05, 0.1) is 11.4 Å². The van der Waals surface area contributed by atoms with E-state index >= 15 is 0 Å². The highest BCUT2D eigenvalue weighted by Crippen LogP contribution is 2.19. The van der Waals surface area contributed by atoms with E-state index in [0.29, 0.717) is 12.5 Å². The van der Waals surface area contributed by atoms with Gasteiger partial charge in [0.25, 0.3) is 0 Å². The third-order valence-electron chi connectivity index (χ3n) is 3.47. The lowest BCUT2D eigenvalue weighted by atomic mass is 10.1. The summed E-state index contributed by atoms with van der Waals surface area (Å²) >= 11 is 0. The van der Waals surface area contributed by atoms with Crippen LogP contribution >= 0.6 is 0 Å². The second kappa shape index (κ2) is 5.97. The van der Waals surface area contributed by atoms with Crippen molar-refractivity contribution in [2.45, 2.75) is 45.8 Å². The molecule has 0 bridgehead atoms. The minimum Gasteiger partial charge on any atom is -0.386 e. The Labute approximate surface area is 114 Å². The van der Waals surface area contributed by atoms with Crippen LogP contribution in [0.5, 0.6) is 0 Å². The summed E-state index contributed by atoms with van der Waals surface area (Å²) in [4.78, 5) is 4.25.